The third kappa shape index (κ3) is 8.34. The van der Waals surface area contributed by atoms with Gasteiger partial charge in [0.05, 0.1) is 26.2 Å². The SMILES string of the molecule is CCC(C(=O)NCC(C)C)N(Cc1ccc(F)cc1)C(=O)CN(c1ccc(OC)cc1OC)S(C)(=O)=O. The van der Waals surface area contributed by atoms with Gasteiger partial charge in [-0.2, -0.15) is 0 Å². The molecule has 2 amide bonds. The molecule has 0 aliphatic heterocycles. The maximum atomic E-state index is 13.7. The van der Waals surface area contributed by atoms with Gasteiger partial charge < -0.3 is 19.7 Å². The average molecular weight is 538 g/mol. The summed E-state index contributed by atoms with van der Waals surface area (Å²) < 4.78 is 50.6. The lowest BCUT2D eigenvalue weighted by Crippen LogP contribution is -2.52. The summed E-state index contributed by atoms with van der Waals surface area (Å²) in [6.45, 7) is 5.52. The standard InChI is InChI=1S/C26H36FN3O6S/c1-7-22(26(32)28-15-18(2)3)29(16-19-8-10-20(27)11-9-19)25(31)17-30(37(6,33)34)23-13-12-21(35-4)14-24(23)36-5/h8-14,18,22H,7,15-17H2,1-6H3,(H,28,32). The number of amides is 2. The fourth-order valence-electron chi connectivity index (χ4n) is 3.71. The second kappa shape index (κ2) is 13.3. The monoisotopic (exact) mass is 537 g/mol. The van der Waals surface area contributed by atoms with Crippen LogP contribution < -0.4 is 19.1 Å². The maximum absolute atomic E-state index is 13.7. The highest BCUT2D eigenvalue weighted by Gasteiger charge is 2.32. The Labute approximate surface area is 218 Å². The summed E-state index contributed by atoms with van der Waals surface area (Å²) in [4.78, 5) is 28.1. The summed E-state index contributed by atoms with van der Waals surface area (Å²) in [5.74, 6) is -0.529. The van der Waals surface area contributed by atoms with Crippen molar-refractivity contribution in [3.63, 3.8) is 0 Å². The molecule has 0 heterocycles. The van der Waals surface area contributed by atoms with E-state index in [1.54, 1.807) is 13.0 Å². The highest BCUT2D eigenvalue weighted by atomic mass is 32.2. The highest BCUT2D eigenvalue weighted by Crippen LogP contribution is 2.33. The number of ether oxygens (including phenoxy) is 2. The Kier molecular flexibility index (Phi) is 10.7. The molecule has 0 radical (unpaired) electrons. The minimum atomic E-state index is -3.94. The zero-order chi connectivity index (χ0) is 27.8. The van der Waals surface area contributed by atoms with E-state index in [1.807, 2.05) is 13.8 Å². The van der Waals surface area contributed by atoms with E-state index in [0.717, 1.165) is 10.6 Å². The van der Waals surface area contributed by atoms with Gasteiger partial charge in [-0.25, -0.2) is 12.8 Å². The van der Waals surface area contributed by atoms with Crippen molar-refractivity contribution in [2.24, 2.45) is 5.92 Å². The van der Waals surface area contributed by atoms with Gasteiger partial charge in [-0.15, -0.1) is 0 Å². The number of carbonyl (C=O) groups is 2. The van der Waals surface area contributed by atoms with Crippen molar-refractivity contribution in [3.05, 3.63) is 53.8 Å². The van der Waals surface area contributed by atoms with Crippen LogP contribution in [0.3, 0.4) is 0 Å². The van der Waals surface area contributed by atoms with Crippen molar-refractivity contribution < 1.29 is 31.9 Å². The molecular formula is C26H36FN3O6S. The van der Waals surface area contributed by atoms with Crippen LogP contribution in [0.5, 0.6) is 11.5 Å². The summed E-state index contributed by atoms with van der Waals surface area (Å²) in [5, 5.41) is 2.85. The molecule has 0 saturated carbocycles. The van der Waals surface area contributed by atoms with Gasteiger partial charge in [0.25, 0.3) is 0 Å². The van der Waals surface area contributed by atoms with E-state index in [-0.39, 0.29) is 29.8 Å². The van der Waals surface area contributed by atoms with Gasteiger partial charge in [0, 0.05) is 19.2 Å². The van der Waals surface area contributed by atoms with Crippen LogP contribution in [-0.4, -0.2) is 64.7 Å². The molecule has 0 aliphatic rings. The smallest absolute Gasteiger partial charge is 0.244 e. The number of hydrogen-bond donors (Lipinski definition) is 1. The summed E-state index contributed by atoms with van der Waals surface area (Å²) in [6.07, 6.45) is 1.28. The van der Waals surface area contributed by atoms with Gasteiger partial charge in [0.1, 0.15) is 29.9 Å². The number of benzene rings is 2. The first kappa shape index (κ1) is 29.9. The topological polar surface area (TPSA) is 105 Å². The van der Waals surface area contributed by atoms with Crippen LogP contribution in [-0.2, 0) is 26.2 Å². The van der Waals surface area contributed by atoms with Crippen molar-refractivity contribution >= 4 is 27.5 Å². The molecular weight excluding hydrogens is 501 g/mol. The maximum Gasteiger partial charge on any atom is 0.244 e. The molecule has 1 N–H and O–H groups in total. The summed E-state index contributed by atoms with van der Waals surface area (Å²) >= 11 is 0. The van der Waals surface area contributed by atoms with Gasteiger partial charge in [-0.05, 0) is 42.2 Å². The highest BCUT2D eigenvalue weighted by molar-refractivity contribution is 7.92. The van der Waals surface area contributed by atoms with E-state index in [9.17, 15) is 22.4 Å². The molecule has 0 fully saturated rings. The minimum Gasteiger partial charge on any atom is -0.497 e. The number of sulfonamides is 1. The van der Waals surface area contributed by atoms with E-state index in [0.29, 0.717) is 24.3 Å². The lowest BCUT2D eigenvalue weighted by molar-refractivity contribution is -0.140. The largest absolute Gasteiger partial charge is 0.497 e. The van der Waals surface area contributed by atoms with Crippen LogP contribution >= 0.6 is 0 Å². The summed E-state index contributed by atoms with van der Waals surface area (Å²) in [5.41, 5.74) is 0.746. The Morgan fingerprint density at radius 2 is 1.70 bits per heavy atom. The third-order valence-corrected chi connectivity index (χ3v) is 6.80. The third-order valence-electron chi connectivity index (χ3n) is 5.67. The predicted molar refractivity (Wildman–Crippen MR) is 141 cm³/mol. The number of nitrogens with one attached hydrogen (secondary N) is 1. The van der Waals surface area contributed by atoms with E-state index < -0.39 is 34.3 Å². The number of hydrogen-bond acceptors (Lipinski definition) is 6. The zero-order valence-electron chi connectivity index (χ0n) is 22.2. The molecule has 204 valence electrons. The van der Waals surface area contributed by atoms with Crippen molar-refractivity contribution in [3.8, 4) is 11.5 Å². The van der Waals surface area contributed by atoms with Crippen LogP contribution in [0.25, 0.3) is 0 Å². The molecule has 0 spiro atoms. The van der Waals surface area contributed by atoms with Crippen LogP contribution in [0.15, 0.2) is 42.5 Å². The predicted octanol–water partition coefficient (Wildman–Crippen LogP) is 3.19. The molecule has 37 heavy (non-hydrogen) atoms. The van der Waals surface area contributed by atoms with Crippen molar-refractivity contribution in [1.29, 1.82) is 0 Å². The number of nitrogens with zero attached hydrogens (tertiary/aromatic N) is 2. The van der Waals surface area contributed by atoms with Gasteiger partial charge in [-0.3, -0.25) is 13.9 Å². The molecule has 2 aromatic rings. The van der Waals surface area contributed by atoms with Crippen molar-refractivity contribution in [2.45, 2.75) is 39.8 Å². The van der Waals surface area contributed by atoms with Crippen molar-refractivity contribution in [1.82, 2.24) is 10.2 Å². The van der Waals surface area contributed by atoms with Gasteiger partial charge >= 0.3 is 0 Å². The van der Waals surface area contributed by atoms with E-state index >= 15 is 0 Å². The number of rotatable bonds is 13. The fraction of sp³-hybridized carbons (Fsp3) is 0.462. The van der Waals surface area contributed by atoms with Gasteiger partial charge in [0.15, 0.2) is 0 Å². The summed E-state index contributed by atoms with van der Waals surface area (Å²) in [7, 11) is -1.09. The summed E-state index contributed by atoms with van der Waals surface area (Å²) in [6, 6.07) is 9.28. The van der Waals surface area contributed by atoms with Crippen LogP contribution in [0, 0.1) is 11.7 Å². The van der Waals surface area contributed by atoms with Crippen LogP contribution in [0.1, 0.15) is 32.8 Å². The fourth-order valence-corrected chi connectivity index (χ4v) is 4.57. The normalized spacial score (nSPS) is 12.1. The average Bonchev–Trinajstić information content (AvgIpc) is 2.85. The van der Waals surface area contributed by atoms with E-state index in [2.05, 4.69) is 5.32 Å². The van der Waals surface area contributed by atoms with Gasteiger partial charge in [-0.1, -0.05) is 32.9 Å². The number of anilines is 1. The van der Waals surface area contributed by atoms with E-state index in [4.69, 9.17) is 9.47 Å². The molecule has 0 bridgehead atoms. The Balaban J connectivity index is 2.48. The Hall–Kier alpha value is -3.34. The second-order valence-electron chi connectivity index (χ2n) is 9.02. The Morgan fingerprint density at radius 1 is 1.05 bits per heavy atom. The van der Waals surface area contributed by atoms with Crippen LogP contribution in [0.2, 0.25) is 0 Å². The molecule has 1 atom stereocenters. The molecule has 0 saturated heterocycles. The van der Waals surface area contributed by atoms with E-state index in [1.165, 1.54) is 55.5 Å². The molecule has 9 nitrogen and oxygen atoms in total. The zero-order valence-corrected chi connectivity index (χ0v) is 23.0. The molecule has 11 heteroatoms. The van der Waals surface area contributed by atoms with Gasteiger partial charge in [0.2, 0.25) is 21.8 Å². The first-order chi connectivity index (χ1) is 17.4. The number of carbonyl (C=O) groups excluding carboxylic acids is 2. The molecule has 0 aromatic heterocycles. The molecule has 2 rings (SSSR count). The Bertz CT molecular complexity index is 1170. The Morgan fingerprint density at radius 3 is 2.22 bits per heavy atom. The molecule has 2 aromatic carbocycles. The first-order valence-corrected chi connectivity index (χ1v) is 13.8. The van der Waals surface area contributed by atoms with Crippen molar-refractivity contribution in [2.75, 3.05) is 37.9 Å². The lowest BCUT2D eigenvalue weighted by atomic mass is 10.1. The number of methoxy groups -OCH3 is 2. The quantitative estimate of drug-likeness (QED) is 0.421. The molecule has 1 unspecified atom stereocenters. The van der Waals surface area contributed by atoms with Crippen LogP contribution in [0.4, 0.5) is 10.1 Å². The lowest BCUT2D eigenvalue weighted by Gasteiger charge is -2.33. The minimum absolute atomic E-state index is 0.00985. The number of halogens is 1. The molecule has 0 aliphatic carbocycles. The second-order valence-corrected chi connectivity index (χ2v) is 10.9. The first-order valence-electron chi connectivity index (χ1n) is 11.9.